The smallest absolute Gasteiger partial charge is 0.231 e. The van der Waals surface area contributed by atoms with Crippen molar-refractivity contribution in [3.8, 4) is 0 Å². The van der Waals surface area contributed by atoms with Crippen molar-refractivity contribution < 1.29 is 4.42 Å². The Balaban J connectivity index is 1.81. The van der Waals surface area contributed by atoms with E-state index >= 15 is 0 Å². The maximum Gasteiger partial charge on any atom is 0.231 e. The van der Waals surface area contributed by atoms with Gasteiger partial charge in [-0.1, -0.05) is 23.2 Å². The Hall–Kier alpha value is -1.82. The number of benzene rings is 1. The second kappa shape index (κ2) is 5.43. The van der Waals surface area contributed by atoms with Crippen LogP contribution >= 0.6 is 23.2 Å². The highest BCUT2D eigenvalue weighted by Crippen LogP contribution is 2.33. The van der Waals surface area contributed by atoms with E-state index in [0.29, 0.717) is 15.8 Å². The summed E-state index contributed by atoms with van der Waals surface area (Å²) in [6, 6.07) is 5.38. The molecule has 1 aliphatic rings. The molecule has 1 aliphatic heterocycles. The number of rotatable bonds is 2. The van der Waals surface area contributed by atoms with Gasteiger partial charge in [-0.2, -0.15) is 0 Å². The lowest BCUT2D eigenvalue weighted by Gasteiger charge is -2.12. The molecule has 0 aliphatic carbocycles. The van der Waals surface area contributed by atoms with Gasteiger partial charge in [0.1, 0.15) is 17.9 Å². The van der Waals surface area contributed by atoms with Crippen LogP contribution in [-0.2, 0) is 13.0 Å². The number of halogens is 2. The van der Waals surface area contributed by atoms with Gasteiger partial charge in [0, 0.05) is 11.3 Å². The first kappa shape index (κ1) is 13.8. The summed E-state index contributed by atoms with van der Waals surface area (Å²) in [5.41, 5.74) is 2.58. The zero-order valence-corrected chi connectivity index (χ0v) is 13.0. The van der Waals surface area contributed by atoms with E-state index in [1.165, 1.54) is 6.33 Å². The van der Waals surface area contributed by atoms with Gasteiger partial charge in [0.2, 0.25) is 5.71 Å². The number of nitrogens with one attached hydrogen (secondary N) is 2. The minimum atomic E-state index is 0.496. The molecule has 0 fully saturated rings. The fourth-order valence-electron chi connectivity index (χ4n) is 2.66. The Morgan fingerprint density at radius 1 is 1.18 bits per heavy atom. The number of furan rings is 1. The van der Waals surface area contributed by atoms with Crippen LogP contribution in [0.2, 0.25) is 10.0 Å². The second-order valence-electron chi connectivity index (χ2n) is 5.09. The summed E-state index contributed by atoms with van der Waals surface area (Å²) >= 11 is 12.0. The van der Waals surface area contributed by atoms with Gasteiger partial charge < -0.3 is 15.1 Å². The van der Waals surface area contributed by atoms with Crippen LogP contribution in [0.5, 0.6) is 0 Å². The highest BCUT2D eigenvalue weighted by molar-refractivity contribution is 6.42. The molecule has 5 nitrogen and oxygen atoms in total. The molecular formula is C15H12Cl2N4O. The van der Waals surface area contributed by atoms with Crippen molar-refractivity contribution in [2.75, 3.05) is 11.9 Å². The maximum absolute atomic E-state index is 6.06. The van der Waals surface area contributed by atoms with Crippen LogP contribution in [0.15, 0.2) is 28.9 Å². The maximum atomic E-state index is 6.06. The number of fused-ring (bicyclic) bond motifs is 3. The highest BCUT2D eigenvalue weighted by atomic mass is 35.5. The number of nitrogens with zero attached hydrogens (tertiary/aromatic N) is 2. The van der Waals surface area contributed by atoms with E-state index in [4.69, 9.17) is 27.6 Å². The molecule has 22 heavy (non-hydrogen) atoms. The molecule has 0 radical (unpaired) electrons. The van der Waals surface area contributed by atoms with Crippen molar-refractivity contribution in [1.29, 1.82) is 0 Å². The average Bonchev–Trinajstić information content (AvgIpc) is 2.90. The van der Waals surface area contributed by atoms with Gasteiger partial charge in [0.25, 0.3) is 0 Å². The SMILES string of the molecule is Clc1ccc(Nc2ncnc3oc4c(c23)CCNC4)cc1Cl. The first-order chi connectivity index (χ1) is 10.7. The van der Waals surface area contributed by atoms with E-state index in [0.717, 1.165) is 47.7 Å². The molecule has 0 amide bonds. The normalized spacial score (nSPS) is 14.1. The fraction of sp³-hybridized carbons (Fsp3) is 0.200. The topological polar surface area (TPSA) is 63.0 Å². The molecule has 0 unspecified atom stereocenters. The summed E-state index contributed by atoms with van der Waals surface area (Å²) in [5, 5.41) is 8.52. The van der Waals surface area contributed by atoms with E-state index < -0.39 is 0 Å². The van der Waals surface area contributed by atoms with E-state index in [1.807, 2.05) is 6.07 Å². The molecule has 0 spiro atoms. The standard InChI is InChI=1S/C15H12Cl2N4O/c16-10-2-1-8(5-11(10)17)21-14-13-9-3-4-18-6-12(9)22-15(13)20-7-19-14/h1-2,5,7,18H,3-4,6H2,(H,19,20,21). The molecule has 0 saturated heterocycles. The van der Waals surface area contributed by atoms with Crippen molar-refractivity contribution in [1.82, 2.24) is 15.3 Å². The molecule has 112 valence electrons. The Labute approximate surface area is 136 Å². The number of hydrogen-bond donors (Lipinski definition) is 2. The zero-order chi connectivity index (χ0) is 15.1. The summed E-state index contributed by atoms with van der Waals surface area (Å²) in [7, 11) is 0. The first-order valence-electron chi connectivity index (χ1n) is 6.90. The van der Waals surface area contributed by atoms with Crippen LogP contribution in [0.1, 0.15) is 11.3 Å². The van der Waals surface area contributed by atoms with Crippen molar-refractivity contribution in [3.05, 3.63) is 45.9 Å². The summed E-state index contributed by atoms with van der Waals surface area (Å²) in [6.45, 7) is 1.64. The van der Waals surface area contributed by atoms with Crippen LogP contribution in [-0.4, -0.2) is 16.5 Å². The predicted molar refractivity (Wildman–Crippen MR) is 87.0 cm³/mol. The van der Waals surface area contributed by atoms with Crippen molar-refractivity contribution in [3.63, 3.8) is 0 Å². The molecule has 2 aromatic heterocycles. The van der Waals surface area contributed by atoms with Crippen molar-refractivity contribution in [2.24, 2.45) is 0 Å². The van der Waals surface area contributed by atoms with E-state index in [2.05, 4.69) is 20.6 Å². The largest absolute Gasteiger partial charge is 0.441 e. The Morgan fingerprint density at radius 3 is 2.95 bits per heavy atom. The highest BCUT2D eigenvalue weighted by Gasteiger charge is 2.21. The lowest BCUT2D eigenvalue weighted by molar-refractivity contribution is 0.482. The third-order valence-electron chi connectivity index (χ3n) is 3.69. The summed E-state index contributed by atoms with van der Waals surface area (Å²) in [4.78, 5) is 8.58. The van der Waals surface area contributed by atoms with Gasteiger partial charge in [0.15, 0.2) is 0 Å². The zero-order valence-electron chi connectivity index (χ0n) is 11.5. The molecule has 0 saturated carbocycles. The average molecular weight is 335 g/mol. The molecule has 0 bridgehead atoms. The molecule has 4 rings (SSSR count). The number of hydrogen-bond acceptors (Lipinski definition) is 5. The molecule has 1 aromatic carbocycles. The van der Waals surface area contributed by atoms with Crippen molar-refractivity contribution >= 4 is 45.8 Å². The number of anilines is 2. The minimum Gasteiger partial charge on any atom is -0.441 e. The van der Waals surface area contributed by atoms with Crippen LogP contribution in [0.4, 0.5) is 11.5 Å². The van der Waals surface area contributed by atoms with Crippen LogP contribution in [0.25, 0.3) is 11.1 Å². The quantitative estimate of drug-likeness (QED) is 0.743. The first-order valence-corrected chi connectivity index (χ1v) is 7.66. The summed E-state index contributed by atoms with van der Waals surface area (Å²) < 4.78 is 5.81. The van der Waals surface area contributed by atoms with E-state index in [-0.39, 0.29) is 0 Å². The van der Waals surface area contributed by atoms with Gasteiger partial charge in [-0.15, -0.1) is 0 Å². The summed E-state index contributed by atoms with van der Waals surface area (Å²) in [5.74, 6) is 1.65. The molecule has 7 heteroatoms. The van der Waals surface area contributed by atoms with Crippen molar-refractivity contribution in [2.45, 2.75) is 13.0 Å². The van der Waals surface area contributed by atoms with Gasteiger partial charge in [0.05, 0.1) is 22.0 Å². The van der Waals surface area contributed by atoms with E-state index in [9.17, 15) is 0 Å². The third-order valence-corrected chi connectivity index (χ3v) is 4.43. The Morgan fingerprint density at radius 2 is 2.09 bits per heavy atom. The van der Waals surface area contributed by atoms with Crippen LogP contribution in [0.3, 0.4) is 0 Å². The molecule has 3 aromatic rings. The summed E-state index contributed by atoms with van der Waals surface area (Å²) in [6.07, 6.45) is 2.39. The molecule has 2 N–H and O–H groups in total. The van der Waals surface area contributed by atoms with Gasteiger partial charge in [-0.3, -0.25) is 0 Å². The predicted octanol–water partition coefficient (Wildman–Crippen LogP) is 3.92. The van der Waals surface area contributed by atoms with Gasteiger partial charge in [-0.25, -0.2) is 9.97 Å². The van der Waals surface area contributed by atoms with Gasteiger partial charge in [-0.05, 0) is 31.2 Å². The second-order valence-corrected chi connectivity index (χ2v) is 5.90. The molecule has 0 atom stereocenters. The number of aromatic nitrogens is 2. The molecule has 3 heterocycles. The lowest BCUT2D eigenvalue weighted by Crippen LogP contribution is -2.22. The van der Waals surface area contributed by atoms with Crippen LogP contribution in [0, 0.1) is 0 Å². The Kier molecular flexibility index (Phi) is 3.41. The minimum absolute atomic E-state index is 0.496. The van der Waals surface area contributed by atoms with Crippen LogP contribution < -0.4 is 10.6 Å². The Bertz CT molecular complexity index is 862. The lowest BCUT2D eigenvalue weighted by atomic mass is 10.1. The third kappa shape index (κ3) is 2.31. The fourth-order valence-corrected chi connectivity index (χ4v) is 2.96. The monoisotopic (exact) mass is 334 g/mol. The van der Waals surface area contributed by atoms with E-state index in [1.54, 1.807) is 12.1 Å². The van der Waals surface area contributed by atoms with Gasteiger partial charge >= 0.3 is 0 Å². The molecular weight excluding hydrogens is 323 g/mol.